The molecule has 31 heavy (non-hydrogen) atoms. The van der Waals surface area contributed by atoms with E-state index >= 15 is 0 Å². The Kier molecular flexibility index (Phi) is 17.1. The molecule has 1 aliphatic carbocycles. The van der Waals surface area contributed by atoms with Gasteiger partial charge in [-0.25, -0.2) is 0 Å². The Morgan fingerprint density at radius 2 is 1.39 bits per heavy atom. The second kappa shape index (κ2) is 18.8. The molecule has 3 atom stereocenters. The van der Waals surface area contributed by atoms with Gasteiger partial charge in [0, 0.05) is 12.5 Å². The van der Waals surface area contributed by atoms with Gasteiger partial charge >= 0.3 is 0 Å². The monoisotopic (exact) mass is 433 g/mol. The van der Waals surface area contributed by atoms with Gasteiger partial charge in [-0.05, 0) is 62.7 Å². The first kappa shape index (κ1) is 28.2. The molecule has 0 radical (unpaired) electrons. The molecular weight excluding hydrogens is 378 g/mol. The van der Waals surface area contributed by atoms with E-state index in [0.717, 1.165) is 18.8 Å². The fourth-order valence-corrected chi connectivity index (χ4v) is 5.18. The van der Waals surface area contributed by atoms with Gasteiger partial charge in [0.25, 0.3) is 0 Å². The quantitative estimate of drug-likeness (QED) is 0.169. The Morgan fingerprint density at radius 3 is 1.97 bits per heavy atom. The molecule has 1 saturated carbocycles. The summed E-state index contributed by atoms with van der Waals surface area (Å²) < 4.78 is 0. The molecule has 0 bridgehead atoms. The molecule has 1 N–H and O–H groups in total. The maximum absolute atomic E-state index is 12.4. The Hall–Kier alpha value is -0.790. The molecular formula is C29H55NO. The highest BCUT2D eigenvalue weighted by Gasteiger charge is 2.31. The molecule has 1 aliphatic rings. The average Bonchev–Trinajstić information content (AvgIpc) is 2.73. The lowest BCUT2D eigenvalue weighted by atomic mass is 9.74. The van der Waals surface area contributed by atoms with Gasteiger partial charge in [-0.1, -0.05) is 104 Å². The number of hydrogen-bond donors (Lipinski definition) is 1. The fourth-order valence-electron chi connectivity index (χ4n) is 5.18. The maximum Gasteiger partial charge on any atom is 0.220 e. The summed E-state index contributed by atoms with van der Waals surface area (Å²) in [5.41, 5.74) is 0. The van der Waals surface area contributed by atoms with Gasteiger partial charge in [0.2, 0.25) is 5.91 Å². The van der Waals surface area contributed by atoms with Crippen LogP contribution in [0.4, 0.5) is 0 Å². The van der Waals surface area contributed by atoms with Crippen LogP contribution in [0.25, 0.3) is 0 Å². The standard InChI is InChI=1S/C29H55NO/c1-5-6-7-8-9-10-11-12-13-14-15-16-17-18-19-20-21-29(31)30-28-24-26(4)22-23-27(28)25(2)3/h12-13,25-28H,5-11,14-24H2,1-4H3,(H,30,31)/b13-12-/t26-,27+,28-/m1/s1. The predicted octanol–water partition coefficient (Wildman–Crippen LogP) is 8.99. The van der Waals surface area contributed by atoms with Gasteiger partial charge in [-0.3, -0.25) is 4.79 Å². The summed E-state index contributed by atoms with van der Waals surface area (Å²) in [7, 11) is 0. The summed E-state index contributed by atoms with van der Waals surface area (Å²) in [6.45, 7) is 9.24. The Labute approximate surface area is 195 Å². The second-order valence-corrected chi connectivity index (χ2v) is 10.7. The highest BCUT2D eigenvalue weighted by atomic mass is 16.1. The molecule has 182 valence electrons. The third-order valence-corrected chi connectivity index (χ3v) is 7.28. The Balaban J connectivity index is 1.93. The van der Waals surface area contributed by atoms with Crippen molar-refractivity contribution in [2.75, 3.05) is 0 Å². The number of nitrogens with one attached hydrogen (secondary N) is 1. The lowest BCUT2D eigenvalue weighted by Crippen LogP contribution is -2.45. The number of allylic oxidation sites excluding steroid dienone is 2. The number of unbranched alkanes of at least 4 members (excludes halogenated alkanes) is 12. The number of hydrogen-bond acceptors (Lipinski definition) is 1. The van der Waals surface area contributed by atoms with E-state index in [1.165, 1.54) is 103 Å². The summed E-state index contributed by atoms with van der Waals surface area (Å²) in [5, 5.41) is 3.39. The molecule has 1 rings (SSSR count). The lowest BCUT2D eigenvalue weighted by Gasteiger charge is -2.37. The van der Waals surface area contributed by atoms with Crippen LogP contribution in [-0.4, -0.2) is 11.9 Å². The van der Waals surface area contributed by atoms with Crippen molar-refractivity contribution >= 4 is 5.91 Å². The van der Waals surface area contributed by atoms with Crippen LogP contribution in [0.2, 0.25) is 0 Å². The van der Waals surface area contributed by atoms with Crippen LogP contribution < -0.4 is 5.32 Å². The molecule has 0 aromatic rings. The topological polar surface area (TPSA) is 29.1 Å². The van der Waals surface area contributed by atoms with Crippen molar-refractivity contribution in [2.24, 2.45) is 17.8 Å². The zero-order valence-electron chi connectivity index (χ0n) is 21.6. The minimum absolute atomic E-state index is 0.292. The molecule has 0 heterocycles. The first-order chi connectivity index (χ1) is 15.0. The van der Waals surface area contributed by atoms with E-state index in [0.29, 0.717) is 23.8 Å². The van der Waals surface area contributed by atoms with Crippen LogP contribution in [0, 0.1) is 17.8 Å². The summed E-state index contributed by atoms with van der Waals surface area (Å²) in [5.74, 6) is 2.38. The molecule has 0 aromatic heterocycles. The normalized spacial score (nSPS) is 21.8. The van der Waals surface area contributed by atoms with Gasteiger partial charge in [0.1, 0.15) is 0 Å². The third kappa shape index (κ3) is 14.8. The van der Waals surface area contributed by atoms with E-state index in [9.17, 15) is 4.79 Å². The van der Waals surface area contributed by atoms with Crippen molar-refractivity contribution in [3.8, 4) is 0 Å². The minimum Gasteiger partial charge on any atom is -0.353 e. The second-order valence-electron chi connectivity index (χ2n) is 10.7. The Morgan fingerprint density at radius 1 is 0.839 bits per heavy atom. The van der Waals surface area contributed by atoms with E-state index in [1.54, 1.807) is 0 Å². The van der Waals surface area contributed by atoms with Crippen LogP contribution in [0.15, 0.2) is 12.2 Å². The average molecular weight is 434 g/mol. The molecule has 0 saturated heterocycles. The van der Waals surface area contributed by atoms with Crippen LogP contribution >= 0.6 is 0 Å². The van der Waals surface area contributed by atoms with Crippen LogP contribution in [0.1, 0.15) is 143 Å². The Bertz CT molecular complexity index is 456. The zero-order valence-corrected chi connectivity index (χ0v) is 21.6. The predicted molar refractivity (Wildman–Crippen MR) is 137 cm³/mol. The summed E-state index contributed by atoms with van der Waals surface area (Å²) in [6.07, 6.45) is 27.7. The van der Waals surface area contributed by atoms with E-state index in [-0.39, 0.29) is 0 Å². The molecule has 0 spiro atoms. The number of carbonyl (C=O) groups excluding carboxylic acids is 1. The van der Waals surface area contributed by atoms with E-state index < -0.39 is 0 Å². The van der Waals surface area contributed by atoms with E-state index in [1.807, 2.05) is 0 Å². The van der Waals surface area contributed by atoms with Crippen molar-refractivity contribution < 1.29 is 4.79 Å². The van der Waals surface area contributed by atoms with Crippen molar-refractivity contribution in [2.45, 2.75) is 149 Å². The molecule has 0 aromatic carbocycles. The van der Waals surface area contributed by atoms with Crippen molar-refractivity contribution in [1.29, 1.82) is 0 Å². The van der Waals surface area contributed by atoms with Crippen molar-refractivity contribution in [3.05, 3.63) is 12.2 Å². The first-order valence-corrected chi connectivity index (χ1v) is 14.0. The summed E-state index contributed by atoms with van der Waals surface area (Å²) in [4.78, 5) is 12.4. The number of carbonyl (C=O) groups is 1. The maximum atomic E-state index is 12.4. The zero-order chi connectivity index (χ0) is 22.7. The lowest BCUT2D eigenvalue weighted by molar-refractivity contribution is -0.122. The molecule has 2 nitrogen and oxygen atoms in total. The van der Waals surface area contributed by atoms with E-state index in [2.05, 4.69) is 45.2 Å². The van der Waals surface area contributed by atoms with Gasteiger partial charge in [0.15, 0.2) is 0 Å². The number of rotatable bonds is 18. The smallest absolute Gasteiger partial charge is 0.220 e. The summed E-state index contributed by atoms with van der Waals surface area (Å²) >= 11 is 0. The molecule has 0 aliphatic heterocycles. The van der Waals surface area contributed by atoms with Crippen LogP contribution in [-0.2, 0) is 4.79 Å². The molecule has 1 fully saturated rings. The van der Waals surface area contributed by atoms with E-state index in [4.69, 9.17) is 0 Å². The van der Waals surface area contributed by atoms with Gasteiger partial charge < -0.3 is 5.32 Å². The van der Waals surface area contributed by atoms with Gasteiger partial charge in [-0.15, -0.1) is 0 Å². The molecule has 2 heteroatoms. The fraction of sp³-hybridized carbons (Fsp3) is 0.897. The number of amides is 1. The highest BCUT2D eigenvalue weighted by Crippen LogP contribution is 2.33. The third-order valence-electron chi connectivity index (χ3n) is 7.28. The highest BCUT2D eigenvalue weighted by molar-refractivity contribution is 5.76. The van der Waals surface area contributed by atoms with Gasteiger partial charge in [-0.2, -0.15) is 0 Å². The van der Waals surface area contributed by atoms with Gasteiger partial charge in [0.05, 0.1) is 0 Å². The van der Waals surface area contributed by atoms with Crippen LogP contribution in [0.5, 0.6) is 0 Å². The SMILES string of the molecule is CCCCCCCC/C=C\CCCCCCCCC(=O)N[C@@H]1C[C@H](C)CC[C@H]1C(C)C. The van der Waals surface area contributed by atoms with Crippen molar-refractivity contribution in [1.82, 2.24) is 5.32 Å². The largest absolute Gasteiger partial charge is 0.353 e. The first-order valence-electron chi connectivity index (χ1n) is 14.0. The summed E-state index contributed by atoms with van der Waals surface area (Å²) in [6, 6.07) is 0.408. The minimum atomic E-state index is 0.292. The molecule has 1 amide bonds. The van der Waals surface area contributed by atoms with Crippen molar-refractivity contribution in [3.63, 3.8) is 0 Å². The molecule has 0 unspecified atom stereocenters. The van der Waals surface area contributed by atoms with Crippen LogP contribution in [0.3, 0.4) is 0 Å².